The maximum atomic E-state index is 11.4. The molecule has 7 nitrogen and oxygen atoms in total. The molecule has 4 aromatic rings. The van der Waals surface area contributed by atoms with E-state index in [-0.39, 0.29) is 0 Å². The van der Waals surface area contributed by atoms with Crippen molar-refractivity contribution in [2.45, 2.75) is 43.1 Å². The fraction of sp³-hybridized carbons (Fsp3) is 0.240. The predicted octanol–water partition coefficient (Wildman–Crippen LogP) is 6.79. The number of furan rings is 1. The van der Waals surface area contributed by atoms with Crippen molar-refractivity contribution >= 4 is 40.9 Å². The molecule has 182 valence electrons. The highest BCUT2D eigenvalue weighted by Gasteiger charge is 2.28. The van der Waals surface area contributed by atoms with Crippen LogP contribution in [-0.2, 0) is 24.4 Å². The number of aliphatic carboxylic acids is 1. The molecule has 10 heteroatoms. The Morgan fingerprint density at radius 1 is 1.06 bits per heavy atom. The zero-order chi connectivity index (χ0) is 25.0. The van der Waals surface area contributed by atoms with Crippen LogP contribution in [0.3, 0.4) is 0 Å². The van der Waals surface area contributed by atoms with Gasteiger partial charge in [-0.2, -0.15) is 4.98 Å². The van der Waals surface area contributed by atoms with Gasteiger partial charge >= 0.3 is 5.97 Å². The lowest BCUT2D eigenvalue weighted by Crippen LogP contribution is -2.26. The molecule has 0 aliphatic heterocycles. The largest absolute Gasteiger partial charge is 0.480 e. The van der Waals surface area contributed by atoms with Crippen molar-refractivity contribution in [3.05, 3.63) is 88.1 Å². The first kappa shape index (κ1) is 25.3. The van der Waals surface area contributed by atoms with Crippen molar-refractivity contribution in [1.82, 2.24) is 15.0 Å². The monoisotopic (exact) mass is 531 g/mol. The number of aromatic nitrogens is 2. The number of carbonyl (C=O) groups is 1. The maximum absolute atomic E-state index is 11.4. The Kier molecular flexibility index (Phi) is 7.86. The first-order valence-electron chi connectivity index (χ1n) is 10.7. The molecule has 1 N–H and O–H groups in total. The van der Waals surface area contributed by atoms with Gasteiger partial charge in [0, 0.05) is 17.0 Å². The quantitative estimate of drug-likeness (QED) is 0.223. The smallest absolute Gasteiger partial charge is 0.319 e. The number of hydrogen-bond acceptors (Lipinski definition) is 7. The SMILES string of the molecule is CC(C)(Sc1ccc(CN(Cc2noc(-c3ccc(Cl)c(Cl)c3)n2)Cc2ccco2)cc1)C(=O)O. The summed E-state index contributed by atoms with van der Waals surface area (Å²) < 4.78 is 10.1. The molecular formula is C25H23Cl2N3O4S. The molecule has 0 aliphatic carbocycles. The third-order valence-corrected chi connectivity index (χ3v) is 7.11. The summed E-state index contributed by atoms with van der Waals surface area (Å²) in [5.41, 5.74) is 1.75. The molecule has 2 heterocycles. The Bertz CT molecular complexity index is 1290. The van der Waals surface area contributed by atoms with Gasteiger partial charge in [0.2, 0.25) is 0 Å². The number of carboxylic acids is 1. The van der Waals surface area contributed by atoms with E-state index in [1.165, 1.54) is 11.8 Å². The average Bonchev–Trinajstić information content (AvgIpc) is 3.49. The number of hydrogen-bond donors (Lipinski definition) is 1. The van der Waals surface area contributed by atoms with Crippen molar-refractivity contribution < 1.29 is 18.8 Å². The molecule has 2 aromatic heterocycles. The van der Waals surface area contributed by atoms with E-state index in [1.807, 2.05) is 36.4 Å². The summed E-state index contributed by atoms with van der Waals surface area (Å²) in [5.74, 6) is 0.845. The third-order valence-electron chi connectivity index (χ3n) is 5.18. The molecule has 0 unspecified atom stereocenters. The predicted molar refractivity (Wildman–Crippen MR) is 135 cm³/mol. The molecule has 0 amide bonds. The number of nitrogens with zero attached hydrogens (tertiary/aromatic N) is 3. The van der Waals surface area contributed by atoms with Crippen LogP contribution < -0.4 is 0 Å². The van der Waals surface area contributed by atoms with Gasteiger partial charge in [0.1, 0.15) is 10.5 Å². The fourth-order valence-electron chi connectivity index (χ4n) is 3.31. The van der Waals surface area contributed by atoms with Crippen molar-refractivity contribution in [3.63, 3.8) is 0 Å². The molecule has 0 atom stereocenters. The summed E-state index contributed by atoms with van der Waals surface area (Å²) in [6, 6.07) is 16.8. The Morgan fingerprint density at radius 3 is 2.49 bits per heavy atom. The minimum Gasteiger partial charge on any atom is -0.480 e. The zero-order valence-corrected chi connectivity index (χ0v) is 21.4. The fourth-order valence-corrected chi connectivity index (χ4v) is 4.56. The second-order valence-electron chi connectivity index (χ2n) is 8.43. The summed E-state index contributed by atoms with van der Waals surface area (Å²) in [7, 11) is 0. The van der Waals surface area contributed by atoms with E-state index in [9.17, 15) is 9.90 Å². The first-order valence-corrected chi connectivity index (χ1v) is 12.3. The summed E-state index contributed by atoms with van der Waals surface area (Å²) in [4.78, 5) is 19.0. The van der Waals surface area contributed by atoms with Gasteiger partial charge in [0.25, 0.3) is 5.89 Å². The van der Waals surface area contributed by atoms with Crippen LogP contribution in [0, 0.1) is 0 Å². The van der Waals surface area contributed by atoms with Gasteiger partial charge in [-0.1, -0.05) is 40.5 Å². The lowest BCUT2D eigenvalue weighted by atomic mass is 10.2. The zero-order valence-electron chi connectivity index (χ0n) is 19.1. The summed E-state index contributed by atoms with van der Waals surface area (Å²) in [6.45, 7) is 4.96. The van der Waals surface area contributed by atoms with E-state index in [4.69, 9.17) is 32.1 Å². The van der Waals surface area contributed by atoms with Crippen LogP contribution in [0.15, 0.2) is 74.7 Å². The van der Waals surface area contributed by atoms with E-state index < -0.39 is 10.7 Å². The number of rotatable bonds is 10. The van der Waals surface area contributed by atoms with Crippen LogP contribution in [-0.4, -0.2) is 30.9 Å². The van der Waals surface area contributed by atoms with Crippen molar-refractivity contribution in [2.24, 2.45) is 0 Å². The van der Waals surface area contributed by atoms with Crippen LogP contribution in [0.25, 0.3) is 11.5 Å². The minimum atomic E-state index is -0.905. The van der Waals surface area contributed by atoms with Crippen LogP contribution in [0.5, 0.6) is 0 Å². The van der Waals surface area contributed by atoms with E-state index >= 15 is 0 Å². The van der Waals surface area contributed by atoms with Crippen molar-refractivity contribution in [1.29, 1.82) is 0 Å². The maximum Gasteiger partial charge on any atom is 0.319 e. The van der Waals surface area contributed by atoms with Crippen LogP contribution >= 0.6 is 35.0 Å². The molecule has 35 heavy (non-hydrogen) atoms. The van der Waals surface area contributed by atoms with E-state index in [2.05, 4.69) is 15.0 Å². The molecular weight excluding hydrogens is 509 g/mol. The second kappa shape index (κ2) is 10.9. The van der Waals surface area contributed by atoms with Crippen molar-refractivity contribution in [3.8, 4) is 11.5 Å². The molecule has 0 saturated heterocycles. The van der Waals surface area contributed by atoms with Gasteiger partial charge in [-0.25, -0.2) is 0 Å². The molecule has 0 radical (unpaired) electrons. The molecule has 2 aromatic carbocycles. The van der Waals surface area contributed by atoms with Gasteiger partial charge in [-0.05, 0) is 61.9 Å². The summed E-state index contributed by atoms with van der Waals surface area (Å²) in [6.07, 6.45) is 1.64. The average molecular weight is 532 g/mol. The summed E-state index contributed by atoms with van der Waals surface area (Å²) >= 11 is 13.4. The summed E-state index contributed by atoms with van der Waals surface area (Å²) in [5, 5.41) is 14.4. The highest BCUT2D eigenvalue weighted by atomic mass is 35.5. The number of benzene rings is 2. The lowest BCUT2D eigenvalue weighted by molar-refractivity contribution is -0.138. The van der Waals surface area contributed by atoms with Gasteiger partial charge in [0.05, 0.1) is 29.4 Å². The second-order valence-corrected chi connectivity index (χ2v) is 10.9. The van der Waals surface area contributed by atoms with Gasteiger partial charge in [0.15, 0.2) is 5.82 Å². The van der Waals surface area contributed by atoms with Crippen LogP contribution in [0.2, 0.25) is 10.0 Å². The standard InChI is InChI=1S/C25H23Cl2N3O4S/c1-25(2,24(31)32)35-19-8-5-16(6-9-19)13-30(14-18-4-3-11-33-18)15-22-28-23(34-29-22)17-7-10-20(26)21(27)12-17/h3-12H,13-15H2,1-2H3,(H,31,32). The van der Waals surface area contributed by atoms with Crippen molar-refractivity contribution in [2.75, 3.05) is 0 Å². The topological polar surface area (TPSA) is 92.6 Å². The van der Waals surface area contributed by atoms with Crippen LogP contribution in [0.1, 0.15) is 31.0 Å². The Hall–Kier alpha value is -2.78. The molecule has 0 aliphatic rings. The highest BCUT2D eigenvalue weighted by molar-refractivity contribution is 8.01. The number of halogens is 2. The van der Waals surface area contributed by atoms with Gasteiger partial charge < -0.3 is 14.0 Å². The molecule has 0 saturated carbocycles. The Balaban J connectivity index is 1.49. The lowest BCUT2D eigenvalue weighted by Gasteiger charge is -2.21. The number of carboxylic acid groups (broad SMARTS) is 1. The molecule has 0 fully saturated rings. The van der Waals surface area contributed by atoms with Gasteiger partial charge in [-0.3, -0.25) is 9.69 Å². The van der Waals surface area contributed by atoms with Gasteiger partial charge in [-0.15, -0.1) is 11.8 Å². The van der Waals surface area contributed by atoms with E-state index in [0.717, 1.165) is 16.2 Å². The third kappa shape index (κ3) is 6.67. The molecule has 0 bridgehead atoms. The molecule has 0 spiro atoms. The molecule has 4 rings (SSSR count). The Morgan fingerprint density at radius 2 is 1.83 bits per heavy atom. The normalized spacial score (nSPS) is 11.8. The minimum absolute atomic E-state index is 0.360. The Labute approximate surface area is 217 Å². The van der Waals surface area contributed by atoms with E-state index in [1.54, 1.807) is 38.3 Å². The first-order chi connectivity index (χ1) is 16.7. The highest BCUT2D eigenvalue weighted by Crippen LogP contribution is 2.33. The number of thioether (sulfide) groups is 1. The van der Waals surface area contributed by atoms with Crippen LogP contribution in [0.4, 0.5) is 0 Å². The van der Waals surface area contributed by atoms with E-state index in [0.29, 0.717) is 47.0 Å².